The van der Waals surface area contributed by atoms with Crippen LogP contribution in [0.2, 0.25) is 0 Å². The Hall–Kier alpha value is -2.61. The maximum Gasteiger partial charge on any atom is 0.407 e. The van der Waals surface area contributed by atoms with Gasteiger partial charge in [-0.3, -0.25) is 9.59 Å². The van der Waals surface area contributed by atoms with E-state index in [9.17, 15) is 19.5 Å². The second-order valence-corrected chi connectivity index (χ2v) is 8.40. The highest BCUT2D eigenvalue weighted by Gasteiger charge is 2.18. The second kappa shape index (κ2) is 16.9. The number of alkyl carbamates (subject to hydrolysis) is 1. The van der Waals surface area contributed by atoms with Gasteiger partial charge in [0.15, 0.2) is 0 Å². The molecule has 0 fully saturated rings. The van der Waals surface area contributed by atoms with Crippen molar-refractivity contribution in [3.05, 3.63) is 29.8 Å². The summed E-state index contributed by atoms with van der Waals surface area (Å²) in [6, 6.07) is 5.93. The van der Waals surface area contributed by atoms with Gasteiger partial charge in [0.1, 0.15) is 11.6 Å². The lowest BCUT2D eigenvalue weighted by Gasteiger charge is -2.20. The fraction of sp³-hybridized carbons (Fsp3) is 0.640. The van der Waals surface area contributed by atoms with E-state index in [1.54, 1.807) is 52.0 Å². The van der Waals surface area contributed by atoms with E-state index in [-0.39, 0.29) is 24.3 Å². The summed E-state index contributed by atoms with van der Waals surface area (Å²) >= 11 is 0. The van der Waals surface area contributed by atoms with Crippen LogP contribution in [-0.4, -0.2) is 41.2 Å². The number of benzene rings is 1. The lowest BCUT2D eigenvalue weighted by atomic mass is 10.1. The van der Waals surface area contributed by atoms with Crippen LogP contribution in [0, 0.1) is 5.92 Å². The van der Waals surface area contributed by atoms with E-state index in [1.165, 1.54) is 0 Å². The van der Waals surface area contributed by atoms with Gasteiger partial charge >= 0.3 is 6.09 Å². The summed E-state index contributed by atoms with van der Waals surface area (Å²) in [5.41, 5.74) is 0.508. The van der Waals surface area contributed by atoms with E-state index in [2.05, 4.69) is 16.0 Å². The highest BCUT2D eigenvalue weighted by Crippen LogP contribution is 2.16. The van der Waals surface area contributed by atoms with Crippen molar-refractivity contribution in [3.8, 4) is 0 Å². The average Bonchev–Trinajstić information content (AvgIpc) is 2.73. The molecule has 0 bridgehead atoms. The molecule has 0 aromatic heterocycles. The van der Waals surface area contributed by atoms with Crippen LogP contribution in [0.25, 0.3) is 0 Å². The zero-order valence-electron chi connectivity index (χ0n) is 22.0. The van der Waals surface area contributed by atoms with Gasteiger partial charge in [-0.15, -0.1) is 0 Å². The van der Waals surface area contributed by atoms with Crippen LogP contribution in [0.4, 0.5) is 10.5 Å². The van der Waals surface area contributed by atoms with Crippen molar-refractivity contribution in [2.75, 3.05) is 11.9 Å². The summed E-state index contributed by atoms with van der Waals surface area (Å²) in [5.74, 6) is -0.283. The van der Waals surface area contributed by atoms with E-state index in [0.29, 0.717) is 17.7 Å². The Labute approximate surface area is 199 Å². The van der Waals surface area contributed by atoms with Gasteiger partial charge in [0.2, 0.25) is 11.8 Å². The minimum absolute atomic E-state index is 0.000460. The first-order chi connectivity index (χ1) is 15.4. The molecule has 2 unspecified atom stereocenters. The molecule has 4 N–H and O–H groups in total. The Morgan fingerprint density at radius 1 is 0.970 bits per heavy atom. The van der Waals surface area contributed by atoms with Gasteiger partial charge in [0.25, 0.3) is 0 Å². The van der Waals surface area contributed by atoms with Gasteiger partial charge in [-0.1, -0.05) is 53.7 Å². The molecule has 8 heteroatoms. The number of ether oxygens (including phenoxy) is 1. The molecule has 8 nitrogen and oxygen atoms in total. The summed E-state index contributed by atoms with van der Waals surface area (Å²) < 4.78 is 5.12. The SMILES string of the molecule is CC.CC.CC(C)CC(=O)NC(C)C(=O)Nc1ccc(C(O)CNC(=O)OC(C)(C)C)cc1. The summed E-state index contributed by atoms with van der Waals surface area (Å²) in [4.78, 5) is 35.6. The third-order valence-corrected chi connectivity index (χ3v) is 3.77. The van der Waals surface area contributed by atoms with Crippen LogP contribution < -0.4 is 16.0 Å². The van der Waals surface area contributed by atoms with Gasteiger partial charge in [-0.2, -0.15) is 0 Å². The highest BCUT2D eigenvalue weighted by molar-refractivity contribution is 5.96. The predicted octanol–water partition coefficient (Wildman–Crippen LogP) is 4.79. The number of rotatable bonds is 8. The number of hydrogen-bond donors (Lipinski definition) is 4. The van der Waals surface area contributed by atoms with Gasteiger partial charge in [-0.05, 0) is 51.3 Å². The molecule has 0 saturated heterocycles. The number of carbonyl (C=O) groups excluding carboxylic acids is 3. The van der Waals surface area contributed by atoms with Gasteiger partial charge < -0.3 is 25.8 Å². The third-order valence-electron chi connectivity index (χ3n) is 3.77. The minimum Gasteiger partial charge on any atom is -0.444 e. The number of aliphatic hydroxyl groups excluding tert-OH is 1. The number of anilines is 1. The quantitative estimate of drug-likeness (QED) is 0.439. The Balaban J connectivity index is 0. The average molecular weight is 468 g/mol. The van der Waals surface area contributed by atoms with Crippen LogP contribution in [0.1, 0.15) is 87.3 Å². The number of amides is 3. The molecule has 0 saturated carbocycles. The number of aliphatic hydroxyl groups is 1. The molecule has 2 atom stereocenters. The maximum absolute atomic E-state index is 12.2. The van der Waals surface area contributed by atoms with Gasteiger partial charge in [0.05, 0.1) is 12.6 Å². The second-order valence-electron chi connectivity index (χ2n) is 8.40. The summed E-state index contributed by atoms with van der Waals surface area (Å²) in [7, 11) is 0. The smallest absolute Gasteiger partial charge is 0.407 e. The standard InChI is InChI=1S/C21H33N3O5.2C2H6/c1-13(2)11-18(26)23-14(3)19(27)24-16-9-7-15(8-10-16)17(25)12-22-20(28)29-21(4,5)6;2*1-2/h7-10,13-14,17,25H,11-12H2,1-6H3,(H,22,28)(H,23,26)(H,24,27);2*1-2H3. The molecule has 0 heterocycles. The molecule has 0 spiro atoms. The highest BCUT2D eigenvalue weighted by atomic mass is 16.6. The van der Waals surface area contributed by atoms with E-state index in [4.69, 9.17) is 4.74 Å². The van der Waals surface area contributed by atoms with Crippen molar-refractivity contribution in [2.24, 2.45) is 5.92 Å². The number of hydrogen-bond acceptors (Lipinski definition) is 5. The molecule has 1 rings (SSSR count). The Kier molecular flexibility index (Phi) is 16.7. The molecule has 1 aromatic rings. The normalized spacial score (nSPS) is 12.1. The van der Waals surface area contributed by atoms with Crippen molar-refractivity contribution < 1.29 is 24.2 Å². The van der Waals surface area contributed by atoms with Crippen LogP contribution in [0.15, 0.2) is 24.3 Å². The lowest BCUT2D eigenvalue weighted by Crippen LogP contribution is -2.41. The molecule has 3 amide bonds. The van der Waals surface area contributed by atoms with Crippen molar-refractivity contribution >= 4 is 23.6 Å². The molecule has 33 heavy (non-hydrogen) atoms. The van der Waals surface area contributed by atoms with Crippen molar-refractivity contribution in [1.29, 1.82) is 0 Å². The Morgan fingerprint density at radius 3 is 1.94 bits per heavy atom. The van der Waals surface area contributed by atoms with Crippen molar-refractivity contribution in [3.63, 3.8) is 0 Å². The largest absolute Gasteiger partial charge is 0.444 e. The number of nitrogens with one attached hydrogen (secondary N) is 3. The maximum atomic E-state index is 12.2. The molecule has 0 aliphatic rings. The van der Waals surface area contributed by atoms with Crippen LogP contribution in [-0.2, 0) is 14.3 Å². The fourth-order valence-electron chi connectivity index (χ4n) is 2.39. The van der Waals surface area contributed by atoms with Crippen molar-refractivity contribution in [2.45, 2.75) is 93.4 Å². The van der Waals surface area contributed by atoms with E-state index in [0.717, 1.165) is 0 Å². The van der Waals surface area contributed by atoms with Gasteiger partial charge in [0, 0.05) is 12.1 Å². The van der Waals surface area contributed by atoms with Crippen LogP contribution in [0.3, 0.4) is 0 Å². The topological polar surface area (TPSA) is 117 Å². The minimum atomic E-state index is -0.915. The van der Waals surface area contributed by atoms with E-state index >= 15 is 0 Å². The van der Waals surface area contributed by atoms with E-state index < -0.39 is 23.8 Å². The van der Waals surface area contributed by atoms with Gasteiger partial charge in [-0.25, -0.2) is 4.79 Å². The zero-order valence-corrected chi connectivity index (χ0v) is 22.0. The molecule has 190 valence electrons. The summed E-state index contributed by atoms with van der Waals surface area (Å²) in [6.07, 6.45) is -1.16. The summed E-state index contributed by atoms with van der Waals surface area (Å²) in [6.45, 7) is 18.8. The first-order valence-corrected chi connectivity index (χ1v) is 11.7. The number of carbonyl (C=O) groups is 3. The summed E-state index contributed by atoms with van der Waals surface area (Å²) in [5, 5.41) is 18.1. The molecular formula is C25H45N3O5. The molecule has 0 aliphatic carbocycles. The van der Waals surface area contributed by atoms with Crippen molar-refractivity contribution in [1.82, 2.24) is 10.6 Å². The fourth-order valence-corrected chi connectivity index (χ4v) is 2.39. The van der Waals surface area contributed by atoms with Crippen LogP contribution in [0.5, 0.6) is 0 Å². The third kappa shape index (κ3) is 15.8. The molecular weight excluding hydrogens is 422 g/mol. The zero-order chi connectivity index (χ0) is 26.2. The Morgan fingerprint density at radius 2 is 1.48 bits per heavy atom. The Bertz CT molecular complexity index is 697. The lowest BCUT2D eigenvalue weighted by molar-refractivity contribution is -0.126. The molecule has 0 radical (unpaired) electrons. The first-order valence-electron chi connectivity index (χ1n) is 11.7. The first kappa shape index (κ1) is 32.6. The molecule has 1 aromatic carbocycles. The molecule has 0 aliphatic heterocycles. The van der Waals surface area contributed by atoms with Crippen LogP contribution >= 0.6 is 0 Å². The monoisotopic (exact) mass is 467 g/mol. The predicted molar refractivity (Wildman–Crippen MR) is 134 cm³/mol. The van der Waals surface area contributed by atoms with E-state index in [1.807, 2.05) is 41.5 Å².